The predicted octanol–water partition coefficient (Wildman–Crippen LogP) is 5.95. The lowest BCUT2D eigenvalue weighted by atomic mass is 9.62. The molecule has 1 spiro atoms. The number of carbonyl (C=O) groups is 1. The number of fused-ring (bicyclic) bond motifs is 4. The van der Waals surface area contributed by atoms with Crippen LogP contribution in [0.2, 0.25) is 5.02 Å². The number of allylic oxidation sites excluding steroid dienone is 1. The highest BCUT2D eigenvalue weighted by Crippen LogP contribution is 2.49. The SMILES string of the molecule is C=S1(=O)NC(=O)c2ccc3c(c2)N(C[C@@H]2CC[C@H]2[C@@](O)(Cc2ccncn2)/C=C/C[C@H](C)[C@H]1C)C[C@@]1(CCCc2cc(Cl)ccc21)CO3. The van der Waals surface area contributed by atoms with Crippen LogP contribution in [-0.2, 0) is 28.0 Å². The van der Waals surface area contributed by atoms with Crippen LogP contribution in [0.4, 0.5) is 5.69 Å². The monoisotopic (exact) mass is 688 g/mol. The molecule has 1 aromatic heterocycles. The molecule has 7 atom stereocenters. The molecular formula is C38H45ClN4O4S. The third-order valence-corrected chi connectivity index (χ3v) is 13.9. The van der Waals surface area contributed by atoms with Gasteiger partial charge in [0.1, 0.15) is 12.1 Å². The van der Waals surface area contributed by atoms with Gasteiger partial charge in [-0.1, -0.05) is 36.7 Å². The van der Waals surface area contributed by atoms with Gasteiger partial charge in [0.05, 0.1) is 27.6 Å². The molecule has 254 valence electrons. The number of amides is 1. The van der Waals surface area contributed by atoms with Gasteiger partial charge < -0.3 is 14.7 Å². The van der Waals surface area contributed by atoms with Crippen LogP contribution in [-0.4, -0.2) is 61.6 Å². The van der Waals surface area contributed by atoms with E-state index in [4.69, 9.17) is 16.3 Å². The number of benzene rings is 2. The molecule has 7 rings (SSSR count). The van der Waals surface area contributed by atoms with Crippen molar-refractivity contribution in [3.63, 3.8) is 0 Å². The van der Waals surface area contributed by atoms with Crippen molar-refractivity contribution in [1.82, 2.24) is 14.7 Å². The molecule has 1 unspecified atom stereocenters. The third kappa shape index (κ3) is 6.25. The summed E-state index contributed by atoms with van der Waals surface area (Å²) >= 11 is 6.46. The maximum Gasteiger partial charge on any atom is 0.262 e. The highest BCUT2D eigenvalue weighted by molar-refractivity contribution is 7.99. The fourth-order valence-corrected chi connectivity index (χ4v) is 10.0. The summed E-state index contributed by atoms with van der Waals surface area (Å²) in [5, 5.41) is 12.8. The van der Waals surface area contributed by atoms with Gasteiger partial charge in [0.25, 0.3) is 5.91 Å². The zero-order valence-corrected chi connectivity index (χ0v) is 29.3. The lowest BCUT2D eigenvalue weighted by Crippen LogP contribution is -2.53. The second-order valence-electron chi connectivity index (χ2n) is 14.6. The minimum absolute atomic E-state index is 0.00563. The van der Waals surface area contributed by atoms with Crippen molar-refractivity contribution in [3.8, 4) is 5.75 Å². The number of anilines is 1. The Balaban J connectivity index is 1.32. The maximum atomic E-state index is 13.9. The Kier molecular flexibility index (Phi) is 8.84. The lowest BCUT2D eigenvalue weighted by Gasteiger charge is -2.49. The molecule has 4 aliphatic rings. The van der Waals surface area contributed by atoms with Crippen molar-refractivity contribution in [3.05, 3.63) is 94.5 Å². The first-order valence-electron chi connectivity index (χ1n) is 17.1. The molecule has 2 bridgehead atoms. The van der Waals surface area contributed by atoms with E-state index in [-0.39, 0.29) is 23.2 Å². The number of aromatic nitrogens is 2. The Labute approximate surface area is 289 Å². The summed E-state index contributed by atoms with van der Waals surface area (Å²) in [7, 11) is -2.99. The van der Waals surface area contributed by atoms with Crippen molar-refractivity contribution < 1.29 is 18.8 Å². The van der Waals surface area contributed by atoms with Gasteiger partial charge in [-0.3, -0.25) is 9.52 Å². The molecule has 2 aliphatic carbocycles. The molecule has 48 heavy (non-hydrogen) atoms. The number of hydrogen-bond acceptors (Lipinski definition) is 7. The highest BCUT2D eigenvalue weighted by atomic mass is 35.5. The zero-order valence-electron chi connectivity index (χ0n) is 27.7. The van der Waals surface area contributed by atoms with E-state index < -0.39 is 26.5 Å². The Bertz CT molecular complexity index is 1840. The third-order valence-electron chi connectivity index (χ3n) is 11.5. The molecule has 3 aromatic rings. The maximum absolute atomic E-state index is 13.9. The lowest BCUT2D eigenvalue weighted by molar-refractivity contribution is -0.0453. The van der Waals surface area contributed by atoms with Crippen LogP contribution in [0.3, 0.4) is 0 Å². The predicted molar refractivity (Wildman–Crippen MR) is 192 cm³/mol. The summed E-state index contributed by atoms with van der Waals surface area (Å²) in [5.74, 6) is 4.44. The van der Waals surface area contributed by atoms with Crippen LogP contribution in [0.1, 0.15) is 73.1 Å². The first kappa shape index (κ1) is 33.1. The van der Waals surface area contributed by atoms with Gasteiger partial charge in [-0.15, -0.1) is 0 Å². The molecule has 0 radical (unpaired) electrons. The summed E-state index contributed by atoms with van der Waals surface area (Å²) in [6.45, 7) is 5.77. The number of ether oxygens (including phenoxy) is 1. The number of nitrogens with one attached hydrogen (secondary N) is 1. The van der Waals surface area contributed by atoms with E-state index in [0.717, 1.165) is 54.3 Å². The molecule has 2 N–H and O–H groups in total. The van der Waals surface area contributed by atoms with Crippen molar-refractivity contribution in [1.29, 1.82) is 0 Å². The normalized spacial score (nSPS) is 34.1. The van der Waals surface area contributed by atoms with Crippen LogP contribution < -0.4 is 14.4 Å². The van der Waals surface area contributed by atoms with E-state index in [1.807, 2.05) is 50.3 Å². The molecule has 2 aromatic carbocycles. The van der Waals surface area contributed by atoms with E-state index in [9.17, 15) is 14.1 Å². The smallest absolute Gasteiger partial charge is 0.262 e. The summed E-state index contributed by atoms with van der Waals surface area (Å²) in [5.41, 5.74) is 3.17. The number of aryl methyl sites for hydroxylation is 1. The fourth-order valence-electron chi connectivity index (χ4n) is 8.37. The van der Waals surface area contributed by atoms with Crippen molar-refractivity contribution in [2.45, 2.75) is 75.1 Å². The summed E-state index contributed by atoms with van der Waals surface area (Å²) < 4.78 is 23.3. The van der Waals surface area contributed by atoms with Gasteiger partial charge in [-0.2, -0.15) is 0 Å². The van der Waals surface area contributed by atoms with E-state index >= 15 is 0 Å². The number of halogens is 1. The summed E-state index contributed by atoms with van der Waals surface area (Å²) in [6.07, 6.45) is 13.0. The van der Waals surface area contributed by atoms with Crippen LogP contribution in [0, 0.1) is 17.8 Å². The molecule has 2 aliphatic heterocycles. The van der Waals surface area contributed by atoms with Crippen LogP contribution >= 0.6 is 11.6 Å². The van der Waals surface area contributed by atoms with Gasteiger partial charge in [0, 0.05) is 52.7 Å². The summed E-state index contributed by atoms with van der Waals surface area (Å²) in [4.78, 5) is 24.6. The fraction of sp³-hybridized carbons (Fsp3) is 0.474. The van der Waals surface area contributed by atoms with E-state index in [1.165, 1.54) is 17.5 Å². The number of carbonyl (C=O) groups excluding carboxylic acids is 1. The average molecular weight is 689 g/mol. The summed E-state index contributed by atoms with van der Waals surface area (Å²) in [6, 6.07) is 13.6. The van der Waals surface area contributed by atoms with Crippen LogP contribution in [0.5, 0.6) is 5.75 Å². The Morgan fingerprint density at radius 3 is 2.81 bits per heavy atom. The first-order chi connectivity index (χ1) is 23.0. The average Bonchev–Trinajstić information content (AvgIpc) is 3.19. The molecule has 8 nitrogen and oxygen atoms in total. The largest absolute Gasteiger partial charge is 0.490 e. The van der Waals surface area contributed by atoms with Gasteiger partial charge in [-0.05, 0) is 117 Å². The van der Waals surface area contributed by atoms with Gasteiger partial charge in [-0.25, -0.2) is 14.2 Å². The number of aliphatic hydroxyl groups is 1. The minimum Gasteiger partial charge on any atom is -0.490 e. The van der Waals surface area contributed by atoms with Gasteiger partial charge in [0.15, 0.2) is 0 Å². The Morgan fingerprint density at radius 2 is 2.04 bits per heavy atom. The van der Waals surface area contributed by atoms with E-state index in [0.29, 0.717) is 38.1 Å². The van der Waals surface area contributed by atoms with Crippen molar-refractivity contribution in [2.75, 3.05) is 24.6 Å². The Hall–Kier alpha value is -3.40. The van der Waals surface area contributed by atoms with Crippen LogP contribution in [0.15, 0.2) is 67.1 Å². The first-order valence-corrected chi connectivity index (χ1v) is 19.3. The van der Waals surface area contributed by atoms with Crippen molar-refractivity contribution >= 4 is 38.8 Å². The van der Waals surface area contributed by atoms with E-state index in [1.54, 1.807) is 12.3 Å². The quantitative estimate of drug-likeness (QED) is 0.253. The van der Waals surface area contributed by atoms with Crippen molar-refractivity contribution in [2.24, 2.45) is 17.8 Å². The molecule has 1 fully saturated rings. The number of hydrogen-bond donors (Lipinski definition) is 2. The molecule has 1 amide bonds. The molecule has 1 saturated carbocycles. The minimum atomic E-state index is -2.99. The molecule has 10 heteroatoms. The van der Waals surface area contributed by atoms with E-state index in [2.05, 4.69) is 37.6 Å². The van der Waals surface area contributed by atoms with Crippen LogP contribution in [0.25, 0.3) is 0 Å². The Morgan fingerprint density at radius 1 is 1.19 bits per heavy atom. The molecule has 3 heterocycles. The molecule has 0 saturated heterocycles. The number of nitrogens with zero attached hydrogens (tertiary/aromatic N) is 3. The standard InChI is InChI=1S/C38H45ClN4O4S/c1-25-6-4-16-38(45,20-31-14-17-40-24-41-31)33-11-8-29(33)21-43-22-37(15-5-7-27-18-30(39)10-12-32(27)37)23-47-35-13-9-28(19-34(35)43)36(44)42-48(3,46)26(25)2/h4,9-10,12-14,16-19,24-26,29,33,45H,3,5-8,11,15,20-23H2,1-2H3,(H,42,44,46)/b16-4+/t25-,26+,29-,33+,37-,38-,48?/m0/s1. The van der Waals surface area contributed by atoms with Gasteiger partial charge >= 0.3 is 0 Å². The highest BCUT2D eigenvalue weighted by Gasteiger charge is 2.48. The number of rotatable bonds is 2. The second kappa shape index (κ2) is 12.8. The topological polar surface area (TPSA) is 105 Å². The van der Waals surface area contributed by atoms with Gasteiger partial charge in [0.2, 0.25) is 0 Å². The second-order valence-corrected chi connectivity index (χ2v) is 17.4. The molecular weight excluding hydrogens is 644 g/mol. The zero-order chi connectivity index (χ0) is 33.7.